The fraction of sp³-hybridized carbons (Fsp3) is 0.0417. The molecular formula is C24H17N3O3. The molecule has 0 aromatic heterocycles. The molecule has 3 aromatic rings. The van der Waals surface area contributed by atoms with Gasteiger partial charge in [-0.3, -0.25) is 4.79 Å². The Balaban J connectivity index is 1.83. The van der Waals surface area contributed by atoms with Gasteiger partial charge in [0.05, 0.1) is 5.69 Å². The lowest BCUT2D eigenvalue weighted by Gasteiger charge is -2.12. The number of carbonyl (C=O) groups excluding carboxylic acids is 1. The Morgan fingerprint density at radius 1 is 0.900 bits per heavy atom. The van der Waals surface area contributed by atoms with Crippen molar-refractivity contribution < 1.29 is 14.3 Å². The van der Waals surface area contributed by atoms with Crippen molar-refractivity contribution in [1.82, 2.24) is 0 Å². The van der Waals surface area contributed by atoms with Crippen LogP contribution in [-0.4, -0.2) is 12.5 Å². The molecule has 146 valence electrons. The first-order valence-electron chi connectivity index (χ1n) is 9.05. The van der Waals surface area contributed by atoms with Gasteiger partial charge in [-0.15, -0.1) is 0 Å². The minimum atomic E-state index is -0.586. The maximum Gasteiger partial charge on any atom is 0.266 e. The SMILES string of the molecule is N#CCOc1ccccc1/C=C(\C#N)C(=O)Nc1ccccc1Oc1ccccc1. The molecule has 3 aromatic carbocycles. The molecule has 0 saturated carbocycles. The number of para-hydroxylation sites is 4. The number of benzene rings is 3. The van der Waals surface area contributed by atoms with Crippen molar-refractivity contribution >= 4 is 17.7 Å². The number of amides is 1. The highest BCUT2D eigenvalue weighted by atomic mass is 16.5. The van der Waals surface area contributed by atoms with E-state index in [-0.39, 0.29) is 12.2 Å². The van der Waals surface area contributed by atoms with Gasteiger partial charge in [0, 0.05) is 5.56 Å². The molecule has 30 heavy (non-hydrogen) atoms. The normalized spacial score (nSPS) is 10.4. The number of nitriles is 2. The van der Waals surface area contributed by atoms with Crippen molar-refractivity contribution in [2.45, 2.75) is 0 Å². The molecule has 6 nitrogen and oxygen atoms in total. The number of anilines is 1. The van der Waals surface area contributed by atoms with Crippen LogP contribution >= 0.6 is 0 Å². The van der Waals surface area contributed by atoms with E-state index >= 15 is 0 Å². The van der Waals surface area contributed by atoms with Crippen LogP contribution in [0.25, 0.3) is 6.08 Å². The lowest BCUT2D eigenvalue weighted by Crippen LogP contribution is -2.14. The van der Waals surface area contributed by atoms with Crippen molar-refractivity contribution in [1.29, 1.82) is 10.5 Å². The van der Waals surface area contributed by atoms with Crippen molar-refractivity contribution in [3.05, 3.63) is 90.0 Å². The Hall–Kier alpha value is -4.55. The van der Waals surface area contributed by atoms with Crippen molar-refractivity contribution in [2.24, 2.45) is 0 Å². The summed E-state index contributed by atoms with van der Waals surface area (Å²) in [5, 5.41) is 20.9. The summed E-state index contributed by atoms with van der Waals surface area (Å²) in [6.45, 7) is -0.136. The first-order valence-corrected chi connectivity index (χ1v) is 9.05. The monoisotopic (exact) mass is 395 g/mol. The van der Waals surface area contributed by atoms with Gasteiger partial charge >= 0.3 is 0 Å². The highest BCUT2D eigenvalue weighted by molar-refractivity contribution is 6.10. The zero-order valence-corrected chi connectivity index (χ0v) is 15.9. The predicted octanol–water partition coefficient (Wildman–Crippen LogP) is 4.93. The first-order chi connectivity index (χ1) is 14.7. The Morgan fingerprint density at radius 2 is 1.57 bits per heavy atom. The molecule has 0 atom stereocenters. The van der Waals surface area contributed by atoms with Crippen LogP contribution in [0.5, 0.6) is 17.2 Å². The van der Waals surface area contributed by atoms with Crippen LogP contribution in [0.4, 0.5) is 5.69 Å². The van der Waals surface area contributed by atoms with E-state index in [1.165, 1.54) is 6.08 Å². The summed E-state index contributed by atoms with van der Waals surface area (Å²) in [7, 11) is 0. The van der Waals surface area contributed by atoms with Gasteiger partial charge in [0.1, 0.15) is 29.2 Å². The third-order valence-electron chi connectivity index (χ3n) is 3.98. The number of hydrogen-bond acceptors (Lipinski definition) is 5. The van der Waals surface area contributed by atoms with Crippen LogP contribution in [0.15, 0.2) is 84.4 Å². The molecule has 0 saturated heterocycles. The average Bonchev–Trinajstić information content (AvgIpc) is 2.78. The van der Waals surface area contributed by atoms with E-state index in [1.54, 1.807) is 60.7 Å². The van der Waals surface area contributed by atoms with E-state index in [4.69, 9.17) is 14.7 Å². The summed E-state index contributed by atoms with van der Waals surface area (Å²) in [6, 6.07) is 26.8. The fourth-order valence-corrected chi connectivity index (χ4v) is 2.61. The molecule has 0 aliphatic carbocycles. The van der Waals surface area contributed by atoms with Gasteiger partial charge in [0.2, 0.25) is 0 Å². The van der Waals surface area contributed by atoms with Gasteiger partial charge in [-0.25, -0.2) is 0 Å². The second-order valence-corrected chi connectivity index (χ2v) is 6.02. The Morgan fingerprint density at radius 3 is 2.30 bits per heavy atom. The molecule has 1 N–H and O–H groups in total. The van der Waals surface area contributed by atoms with Crippen LogP contribution in [-0.2, 0) is 4.79 Å². The van der Waals surface area contributed by atoms with E-state index in [0.717, 1.165) is 0 Å². The maximum absolute atomic E-state index is 12.7. The molecule has 0 aliphatic rings. The zero-order valence-electron chi connectivity index (χ0n) is 15.9. The summed E-state index contributed by atoms with van der Waals surface area (Å²) in [5.74, 6) is 0.898. The minimum Gasteiger partial charge on any atom is -0.478 e. The Kier molecular flexibility index (Phi) is 6.81. The highest BCUT2D eigenvalue weighted by Gasteiger charge is 2.14. The second kappa shape index (κ2) is 10.1. The number of carbonyl (C=O) groups is 1. The lowest BCUT2D eigenvalue weighted by molar-refractivity contribution is -0.112. The molecule has 0 bridgehead atoms. The van der Waals surface area contributed by atoms with Gasteiger partial charge in [-0.1, -0.05) is 48.5 Å². The number of nitrogens with zero attached hydrogens (tertiary/aromatic N) is 2. The van der Waals surface area contributed by atoms with E-state index in [1.807, 2.05) is 30.3 Å². The van der Waals surface area contributed by atoms with Crippen molar-refractivity contribution in [2.75, 3.05) is 11.9 Å². The first kappa shape index (κ1) is 20.2. The van der Waals surface area contributed by atoms with Gasteiger partial charge in [-0.05, 0) is 36.4 Å². The summed E-state index contributed by atoms with van der Waals surface area (Å²) in [5.41, 5.74) is 0.840. The summed E-state index contributed by atoms with van der Waals surface area (Å²) < 4.78 is 11.2. The zero-order chi connectivity index (χ0) is 21.2. The molecular weight excluding hydrogens is 378 g/mol. The molecule has 0 fully saturated rings. The second-order valence-electron chi connectivity index (χ2n) is 6.02. The minimum absolute atomic E-state index is 0.113. The maximum atomic E-state index is 12.7. The molecule has 3 rings (SSSR count). The third-order valence-corrected chi connectivity index (χ3v) is 3.98. The molecule has 1 amide bonds. The van der Waals surface area contributed by atoms with E-state index in [9.17, 15) is 10.1 Å². The topological polar surface area (TPSA) is 95.1 Å². The fourth-order valence-electron chi connectivity index (χ4n) is 2.61. The van der Waals surface area contributed by atoms with Crippen LogP contribution in [0.2, 0.25) is 0 Å². The smallest absolute Gasteiger partial charge is 0.266 e. The Bertz CT molecular complexity index is 1140. The molecule has 0 spiro atoms. The van der Waals surface area contributed by atoms with Crippen molar-refractivity contribution in [3.8, 4) is 29.4 Å². The van der Waals surface area contributed by atoms with Gasteiger partial charge in [0.15, 0.2) is 12.4 Å². The number of rotatable bonds is 7. The van der Waals surface area contributed by atoms with Gasteiger partial charge in [0.25, 0.3) is 5.91 Å². The molecule has 6 heteroatoms. The standard InChI is InChI=1S/C24H17N3O3/c25-14-15-29-22-12-6-4-8-18(22)16-19(17-26)24(28)27-21-11-5-7-13-23(21)30-20-9-2-1-3-10-20/h1-13,16H,15H2,(H,27,28)/b19-16+. The van der Waals surface area contributed by atoms with Gasteiger partial charge in [-0.2, -0.15) is 10.5 Å². The summed E-state index contributed by atoms with van der Waals surface area (Å²) in [4.78, 5) is 12.7. The predicted molar refractivity (Wildman–Crippen MR) is 113 cm³/mol. The van der Waals surface area contributed by atoms with Crippen LogP contribution < -0.4 is 14.8 Å². The number of ether oxygens (including phenoxy) is 2. The Labute approximate surface area is 174 Å². The number of hydrogen-bond donors (Lipinski definition) is 1. The summed E-state index contributed by atoms with van der Waals surface area (Å²) in [6.07, 6.45) is 1.42. The lowest BCUT2D eigenvalue weighted by atomic mass is 10.1. The quantitative estimate of drug-likeness (QED) is 0.452. The van der Waals surface area contributed by atoms with Crippen LogP contribution in [0.3, 0.4) is 0 Å². The van der Waals surface area contributed by atoms with E-state index in [0.29, 0.717) is 28.5 Å². The molecule has 0 heterocycles. The number of nitrogens with one attached hydrogen (secondary N) is 1. The highest BCUT2D eigenvalue weighted by Crippen LogP contribution is 2.29. The molecule has 0 aliphatic heterocycles. The van der Waals surface area contributed by atoms with E-state index in [2.05, 4.69) is 5.32 Å². The van der Waals surface area contributed by atoms with Crippen LogP contribution in [0, 0.1) is 22.7 Å². The molecule has 0 unspecified atom stereocenters. The summed E-state index contributed by atoms with van der Waals surface area (Å²) >= 11 is 0. The molecule has 0 radical (unpaired) electrons. The van der Waals surface area contributed by atoms with Gasteiger partial charge < -0.3 is 14.8 Å². The van der Waals surface area contributed by atoms with E-state index < -0.39 is 5.91 Å². The third kappa shape index (κ3) is 5.25. The van der Waals surface area contributed by atoms with Crippen LogP contribution in [0.1, 0.15) is 5.56 Å². The largest absolute Gasteiger partial charge is 0.478 e. The average molecular weight is 395 g/mol. The van der Waals surface area contributed by atoms with Crippen molar-refractivity contribution in [3.63, 3.8) is 0 Å².